The predicted octanol–water partition coefficient (Wildman–Crippen LogP) is 1.68. The maximum absolute atomic E-state index is 11.7. The maximum atomic E-state index is 11.7. The topological polar surface area (TPSA) is 117 Å². The van der Waals surface area contributed by atoms with Gasteiger partial charge < -0.3 is 10.1 Å². The fourth-order valence-corrected chi connectivity index (χ4v) is 2.76. The van der Waals surface area contributed by atoms with Crippen LogP contribution in [-0.4, -0.2) is 39.0 Å². The fraction of sp³-hybridized carbons (Fsp3) is 0.0769. The van der Waals surface area contributed by atoms with E-state index in [1.165, 1.54) is 30.8 Å². The van der Waals surface area contributed by atoms with Crippen LogP contribution in [0, 0.1) is 0 Å². The normalized spacial score (nSPS) is 10.8. The van der Waals surface area contributed by atoms with Crippen molar-refractivity contribution >= 4 is 34.4 Å². The molecular formula is C13H10N4O4S. The van der Waals surface area contributed by atoms with Gasteiger partial charge >= 0.3 is 5.97 Å². The molecule has 0 unspecified atom stereocenters. The number of rotatable bonds is 4. The van der Waals surface area contributed by atoms with Crippen LogP contribution < -0.4 is 5.48 Å². The Kier molecular flexibility index (Phi) is 3.57. The lowest BCUT2D eigenvalue weighted by atomic mass is 10.3. The standard InChI is InChI=1S/C13H10N4O4S/c1-21-17-12(18)9-3-2-8(22-9)7-5-15-11-10(16-7)6(4-14-11)13(19)20/h2-5H,1H3,(H,14,15)(H,17,18)(H,19,20). The van der Waals surface area contributed by atoms with Crippen LogP contribution in [0.2, 0.25) is 0 Å². The first kappa shape index (κ1) is 14.2. The van der Waals surface area contributed by atoms with Crippen molar-refractivity contribution in [2.24, 2.45) is 0 Å². The van der Waals surface area contributed by atoms with Crippen molar-refractivity contribution in [3.05, 3.63) is 35.0 Å². The molecule has 0 bridgehead atoms. The number of hydrogen-bond donors (Lipinski definition) is 3. The van der Waals surface area contributed by atoms with Gasteiger partial charge in [-0.15, -0.1) is 11.3 Å². The monoisotopic (exact) mass is 318 g/mol. The van der Waals surface area contributed by atoms with E-state index in [9.17, 15) is 9.59 Å². The van der Waals surface area contributed by atoms with Crippen LogP contribution in [0.4, 0.5) is 0 Å². The number of fused-ring (bicyclic) bond motifs is 1. The number of hydroxylamine groups is 1. The van der Waals surface area contributed by atoms with E-state index in [1.54, 1.807) is 12.1 Å². The summed E-state index contributed by atoms with van der Waals surface area (Å²) in [6, 6.07) is 3.35. The van der Waals surface area contributed by atoms with Crippen LogP contribution in [0.15, 0.2) is 24.5 Å². The van der Waals surface area contributed by atoms with E-state index >= 15 is 0 Å². The lowest BCUT2D eigenvalue weighted by Crippen LogP contribution is -2.20. The molecule has 112 valence electrons. The quantitative estimate of drug-likeness (QED) is 0.630. The molecule has 0 saturated carbocycles. The van der Waals surface area contributed by atoms with Crippen LogP contribution in [0.1, 0.15) is 20.0 Å². The molecule has 0 saturated heterocycles. The lowest BCUT2D eigenvalue weighted by Gasteiger charge is -1.98. The third-order valence-corrected chi connectivity index (χ3v) is 3.99. The van der Waals surface area contributed by atoms with Crippen molar-refractivity contribution in [2.45, 2.75) is 0 Å². The number of nitrogens with one attached hydrogen (secondary N) is 2. The fourth-order valence-electron chi connectivity index (χ4n) is 1.91. The lowest BCUT2D eigenvalue weighted by molar-refractivity contribution is 0.0542. The van der Waals surface area contributed by atoms with Crippen LogP contribution in [-0.2, 0) is 4.84 Å². The molecule has 0 fully saturated rings. The van der Waals surface area contributed by atoms with E-state index in [0.29, 0.717) is 21.1 Å². The van der Waals surface area contributed by atoms with Crippen molar-refractivity contribution in [1.82, 2.24) is 20.4 Å². The smallest absolute Gasteiger partial charge is 0.339 e. The van der Waals surface area contributed by atoms with E-state index in [2.05, 4.69) is 25.3 Å². The summed E-state index contributed by atoms with van der Waals surface area (Å²) in [5.41, 5.74) is 3.46. The third kappa shape index (κ3) is 2.43. The number of hydrogen-bond acceptors (Lipinski definition) is 6. The molecule has 8 nitrogen and oxygen atoms in total. The molecule has 3 heterocycles. The zero-order valence-electron chi connectivity index (χ0n) is 11.3. The molecule has 3 aromatic rings. The second-order valence-corrected chi connectivity index (χ2v) is 5.34. The molecule has 0 atom stereocenters. The molecule has 9 heteroatoms. The van der Waals surface area contributed by atoms with E-state index in [4.69, 9.17) is 5.11 Å². The van der Waals surface area contributed by atoms with Gasteiger partial charge in [0.2, 0.25) is 0 Å². The predicted molar refractivity (Wildman–Crippen MR) is 78.6 cm³/mol. The highest BCUT2D eigenvalue weighted by Gasteiger charge is 2.16. The van der Waals surface area contributed by atoms with Gasteiger partial charge in [0.1, 0.15) is 11.1 Å². The largest absolute Gasteiger partial charge is 0.478 e. The van der Waals surface area contributed by atoms with Crippen molar-refractivity contribution in [3.8, 4) is 10.6 Å². The number of H-pyrrole nitrogens is 1. The number of nitrogens with zero attached hydrogens (tertiary/aromatic N) is 2. The number of carbonyl (C=O) groups excluding carboxylic acids is 1. The number of carbonyl (C=O) groups is 2. The molecule has 1 amide bonds. The molecular weight excluding hydrogens is 308 g/mol. The Morgan fingerprint density at radius 1 is 1.41 bits per heavy atom. The Labute approximate surface area is 127 Å². The Morgan fingerprint density at radius 3 is 2.95 bits per heavy atom. The highest BCUT2D eigenvalue weighted by atomic mass is 32.1. The number of carboxylic acid groups (broad SMARTS) is 1. The second kappa shape index (κ2) is 5.54. The Bertz CT molecular complexity index is 870. The average molecular weight is 318 g/mol. The van der Waals surface area contributed by atoms with Gasteiger partial charge in [-0.05, 0) is 12.1 Å². The van der Waals surface area contributed by atoms with E-state index in [-0.39, 0.29) is 17.0 Å². The van der Waals surface area contributed by atoms with Crippen molar-refractivity contribution in [1.29, 1.82) is 0 Å². The number of carboxylic acids is 1. The number of aromatic amines is 1. The van der Waals surface area contributed by atoms with E-state index < -0.39 is 5.97 Å². The first-order chi connectivity index (χ1) is 10.6. The molecule has 0 spiro atoms. The molecule has 22 heavy (non-hydrogen) atoms. The summed E-state index contributed by atoms with van der Waals surface area (Å²) in [6.07, 6.45) is 2.87. The summed E-state index contributed by atoms with van der Waals surface area (Å²) >= 11 is 1.21. The van der Waals surface area contributed by atoms with Gasteiger partial charge in [0, 0.05) is 6.20 Å². The molecule has 0 radical (unpaired) electrons. The van der Waals surface area contributed by atoms with Crippen LogP contribution in [0.5, 0.6) is 0 Å². The summed E-state index contributed by atoms with van der Waals surface area (Å²) in [4.78, 5) is 39.7. The van der Waals surface area contributed by atoms with E-state index in [0.717, 1.165) is 0 Å². The Morgan fingerprint density at radius 2 is 2.23 bits per heavy atom. The van der Waals surface area contributed by atoms with Gasteiger partial charge in [0.05, 0.1) is 28.8 Å². The maximum Gasteiger partial charge on any atom is 0.339 e. The number of aromatic carboxylic acids is 1. The van der Waals surface area contributed by atoms with Gasteiger partial charge in [-0.3, -0.25) is 9.63 Å². The van der Waals surface area contributed by atoms with Crippen molar-refractivity contribution < 1.29 is 19.5 Å². The Balaban J connectivity index is 2.01. The summed E-state index contributed by atoms with van der Waals surface area (Å²) in [5.74, 6) is -1.44. The first-order valence-corrected chi connectivity index (χ1v) is 6.92. The van der Waals surface area contributed by atoms with Crippen LogP contribution >= 0.6 is 11.3 Å². The molecule has 0 aliphatic heterocycles. The highest BCUT2D eigenvalue weighted by Crippen LogP contribution is 2.28. The van der Waals surface area contributed by atoms with Gasteiger partial charge in [-0.1, -0.05) is 0 Å². The van der Waals surface area contributed by atoms with Gasteiger partial charge in [0.25, 0.3) is 5.91 Å². The number of aromatic nitrogens is 3. The van der Waals surface area contributed by atoms with E-state index in [1.807, 2.05) is 0 Å². The zero-order chi connectivity index (χ0) is 15.7. The van der Waals surface area contributed by atoms with Gasteiger partial charge in [0.15, 0.2) is 5.65 Å². The minimum Gasteiger partial charge on any atom is -0.478 e. The zero-order valence-corrected chi connectivity index (χ0v) is 12.1. The van der Waals surface area contributed by atoms with Crippen LogP contribution in [0.3, 0.4) is 0 Å². The summed E-state index contributed by atoms with van der Waals surface area (Å²) < 4.78 is 0. The molecule has 3 N–H and O–H groups in total. The molecule has 3 rings (SSSR count). The molecule has 0 aromatic carbocycles. The number of amides is 1. The molecule has 0 aliphatic rings. The van der Waals surface area contributed by atoms with Gasteiger partial charge in [-0.25, -0.2) is 20.2 Å². The second-order valence-electron chi connectivity index (χ2n) is 4.26. The van der Waals surface area contributed by atoms with Gasteiger partial charge in [-0.2, -0.15) is 0 Å². The summed E-state index contributed by atoms with van der Waals surface area (Å²) in [7, 11) is 1.35. The number of thiophene rings is 1. The minimum absolute atomic E-state index is 0.0539. The van der Waals surface area contributed by atoms with Crippen LogP contribution in [0.25, 0.3) is 21.7 Å². The first-order valence-electron chi connectivity index (χ1n) is 6.11. The highest BCUT2D eigenvalue weighted by molar-refractivity contribution is 7.17. The molecule has 3 aromatic heterocycles. The van der Waals surface area contributed by atoms with Crippen molar-refractivity contribution in [2.75, 3.05) is 7.11 Å². The third-order valence-electron chi connectivity index (χ3n) is 2.89. The summed E-state index contributed by atoms with van der Waals surface area (Å²) in [6.45, 7) is 0. The summed E-state index contributed by atoms with van der Waals surface area (Å²) in [5, 5.41) is 9.12. The van der Waals surface area contributed by atoms with Crippen molar-refractivity contribution in [3.63, 3.8) is 0 Å². The molecule has 0 aliphatic carbocycles. The average Bonchev–Trinajstić information content (AvgIpc) is 3.13. The Hall–Kier alpha value is -2.78. The minimum atomic E-state index is -1.08. The SMILES string of the molecule is CONC(=O)c1ccc(-c2cnc3[nH]cc(C(=O)O)c3n2)s1.